The third-order valence-corrected chi connectivity index (χ3v) is 6.74. The number of hydrogen-bond donors (Lipinski definition) is 2. The molecule has 0 aliphatic heterocycles. The van der Waals surface area contributed by atoms with Crippen molar-refractivity contribution < 1.29 is 0 Å². The Bertz CT molecular complexity index is 1430. The Labute approximate surface area is 209 Å². The van der Waals surface area contributed by atoms with Gasteiger partial charge in [-0.3, -0.25) is 29.2 Å². The van der Waals surface area contributed by atoms with Crippen LogP contribution in [0.1, 0.15) is 44.2 Å². The Morgan fingerprint density at radius 1 is 0.750 bits per heavy atom. The molecule has 0 amide bonds. The molecule has 0 radical (unpaired) electrons. The van der Waals surface area contributed by atoms with Crippen LogP contribution in [-0.2, 0) is 18.5 Å². The number of nitriles is 2. The molecule has 4 aromatic rings. The van der Waals surface area contributed by atoms with Crippen molar-refractivity contribution in [3.8, 4) is 34.7 Å². The Hall–Kier alpha value is -4.56. The van der Waals surface area contributed by atoms with Gasteiger partial charge in [0.2, 0.25) is 0 Å². The van der Waals surface area contributed by atoms with Crippen molar-refractivity contribution in [1.29, 1.82) is 10.5 Å². The highest BCUT2D eigenvalue weighted by Gasteiger charge is 2.40. The molecule has 0 unspecified atom stereocenters. The van der Waals surface area contributed by atoms with E-state index in [1.807, 2.05) is 74.5 Å². The van der Waals surface area contributed by atoms with Gasteiger partial charge in [-0.2, -0.15) is 10.5 Å². The van der Waals surface area contributed by atoms with Gasteiger partial charge in [-0.15, -0.1) is 0 Å². The molecule has 0 fully saturated rings. The van der Waals surface area contributed by atoms with Crippen LogP contribution in [0, 0.1) is 22.7 Å². The molecule has 0 bridgehead atoms. The summed E-state index contributed by atoms with van der Waals surface area (Å²) >= 11 is 0. The molecule has 2 heterocycles. The monoisotopic (exact) mass is 480 g/mol. The zero-order valence-corrected chi connectivity index (χ0v) is 20.4. The maximum atomic E-state index is 13.8. The van der Waals surface area contributed by atoms with Gasteiger partial charge >= 0.3 is 0 Å². The van der Waals surface area contributed by atoms with Gasteiger partial charge in [0.05, 0.1) is 60.6 Å². The molecule has 2 aromatic heterocycles. The van der Waals surface area contributed by atoms with E-state index in [9.17, 15) is 9.59 Å². The highest BCUT2D eigenvalue weighted by atomic mass is 16.1. The largest absolute Gasteiger partial charge is 0.295 e. The van der Waals surface area contributed by atoms with E-state index >= 15 is 0 Å². The van der Waals surface area contributed by atoms with Crippen molar-refractivity contribution >= 4 is 0 Å². The van der Waals surface area contributed by atoms with Crippen LogP contribution in [0.3, 0.4) is 0 Å². The topological polar surface area (TPSA) is 123 Å². The van der Waals surface area contributed by atoms with Crippen molar-refractivity contribution in [2.45, 2.75) is 51.6 Å². The standard InChI is InChI=1S/C28H28N6O2/c1-3-28(2,22-24(20-12-6-4-7-13-20)31-33(26(22)35)18-10-16-29)23-25(21-14-8-5-9-15-21)32-34(27(23)36)19-11-17-30/h4-9,12-15,31-32H,3,10-11,18-19H2,1-2H3. The van der Waals surface area contributed by atoms with Gasteiger partial charge in [0.1, 0.15) is 0 Å². The van der Waals surface area contributed by atoms with Crippen molar-refractivity contribution in [3.05, 3.63) is 92.5 Å². The first-order chi connectivity index (χ1) is 17.5. The van der Waals surface area contributed by atoms with E-state index in [0.29, 0.717) is 28.9 Å². The molecule has 0 atom stereocenters. The van der Waals surface area contributed by atoms with Gasteiger partial charge in [0.25, 0.3) is 11.1 Å². The molecule has 0 spiro atoms. The van der Waals surface area contributed by atoms with Crippen molar-refractivity contribution in [2.24, 2.45) is 0 Å². The number of hydrogen-bond acceptors (Lipinski definition) is 4. The molecule has 8 heteroatoms. The molecule has 0 aliphatic rings. The summed E-state index contributed by atoms with van der Waals surface area (Å²) in [4.78, 5) is 27.7. The van der Waals surface area contributed by atoms with Gasteiger partial charge in [0.15, 0.2) is 0 Å². The number of benzene rings is 2. The molecule has 0 saturated heterocycles. The molecule has 182 valence electrons. The van der Waals surface area contributed by atoms with Crippen LogP contribution in [0.2, 0.25) is 0 Å². The summed E-state index contributed by atoms with van der Waals surface area (Å²) < 4.78 is 2.91. The number of aromatic nitrogens is 4. The average Bonchev–Trinajstić information content (AvgIpc) is 3.43. The van der Waals surface area contributed by atoms with Gasteiger partial charge in [-0.25, -0.2) is 0 Å². The number of rotatable bonds is 9. The van der Waals surface area contributed by atoms with Gasteiger partial charge in [0, 0.05) is 5.41 Å². The lowest BCUT2D eigenvalue weighted by Crippen LogP contribution is -2.36. The van der Waals surface area contributed by atoms with Crippen LogP contribution < -0.4 is 11.1 Å². The maximum Gasteiger partial charge on any atom is 0.271 e. The van der Waals surface area contributed by atoms with Crippen LogP contribution >= 0.6 is 0 Å². The summed E-state index contributed by atoms with van der Waals surface area (Å²) in [6, 6.07) is 23.2. The predicted octanol–water partition coefficient (Wildman–Crippen LogP) is 4.54. The van der Waals surface area contributed by atoms with Crippen LogP contribution in [0.5, 0.6) is 0 Å². The summed E-state index contributed by atoms with van der Waals surface area (Å²) in [5.74, 6) is 0. The first kappa shape index (κ1) is 24.6. The minimum Gasteiger partial charge on any atom is -0.295 e. The molecule has 8 nitrogen and oxygen atoms in total. The number of aromatic amines is 2. The molecule has 4 rings (SSSR count). The number of H-pyrrole nitrogens is 2. The molecule has 2 N–H and O–H groups in total. The van der Waals surface area contributed by atoms with Crippen molar-refractivity contribution in [1.82, 2.24) is 19.6 Å². The normalized spacial score (nSPS) is 11.2. The number of aryl methyl sites for hydroxylation is 2. The first-order valence-corrected chi connectivity index (χ1v) is 12.0. The number of nitrogens with zero attached hydrogens (tertiary/aromatic N) is 4. The fourth-order valence-corrected chi connectivity index (χ4v) is 4.74. The Morgan fingerprint density at radius 3 is 1.47 bits per heavy atom. The maximum absolute atomic E-state index is 13.8. The fourth-order valence-electron chi connectivity index (χ4n) is 4.74. The van der Waals surface area contributed by atoms with Gasteiger partial charge in [-0.05, 0) is 17.5 Å². The summed E-state index contributed by atoms with van der Waals surface area (Å²) in [5.41, 5.74) is 2.39. The third-order valence-electron chi connectivity index (χ3n) is 6.74. The molecule has 0 saturated carbocycles. The third kappa shape index (κ3) is 4.30. The minimum absolute atomic E-state index is 0.178. The predicted molar refractivity (Wildman–Crippen MR) is 138 cm³/mol. The van der Waals surface area contributed by atoms with E-state index < -0.39 is 5.41 Å². The zero-order chi connectivity index (χ0) is 25.7. The lowest BCUT2D eigenvalue weighted by Gasteiger charge is -2.27. The van der Waals surface area contributed by atoms with E-state index in [1.165, 1.54) is 9.36 Å². The van der Waals surface area contributed by atoms with Crippen LogP contribution in [0.25, 0.3) is 22.5 Å². The smallest absolute Gasteiger partial charge is 0.271 e. The molecule has 0 aliphatic carbocycles. The molecular formula is C28H28N6O2. The highest BCUT2D eigenvalue weighted by molar-refractivity contribution is 5.70. The Kier molecular flexibility index (Phi) is 7.07. The lowest BCUT2D eigenvalue weighted by atomic mass is 9.72. The second kappa shape index (κ2) is 10.4. The van der Waals surface area contributed by atoms with E-state index in [1.54, 1.807) is 0 Å². The highest BCUT2D eigenvalue weighted by Crippen LogP contribution is 2.40. The summed E-state index contributed by atoms with van der Waals surface area (Å²) in [7, 11) is 0. The minimum atomic E-state index is -0.965. The summed E-state index contributed by atoms with van der Waals surface area (Å²) in [6.45, 7) is 4.33. The lowest BCUT2D eigenvalue weighted by molar-refractivity contribution is 0.531. The molecule has 36 heavy (non-hydrogen) atoms. The first-order valence-electron chi connectivity index (χ1n) is 12.0. The van der Waals surface area contributed by atoms with Gasteiger partial charge in [-0.1, -0.05) is 74.5 Å². The van der Waals surface area contributed by atoms with E-state index in [-0.39, 0.29) is 37.0 Å². The van der Waals surface area contributed by atoms with Crippen molar-refractivity contribution in [2.75, 3.05) is 0 Å². The second-order valence-electron chi connectivity index (χ2n) is 8.87. The van der Waals surface area contributed by atoms with Crippen LogP contribution in [-0.4, -0.2) is 19.6 Å². The second-order valence-corrected chi connectivity index (χ2v) is 8.87. The fraction of sp³-hybridized carbons (Fsp3) is 0.286. The van der Waals surface area contributed by atoms with Crippen LogP contribution in [0.15, 0.2) is 70.3 Å². The van der Waals surface area contributed by atoms with Crippen LogP contribution in [0.4, 0.5) is 0 Å². The summed E-state index contributed by atoms with van der Waals surface area (Å²) in [6.07, 6.45) is 0.831. The number of nitrogens with one attached hydrogen (secondary N) is 2. The van der Waals surface area contributed by atoms with Gasteiger partial charge < -0.3 is 0 Å². The van der Waals surface area contributed by atoms with Crippen molar-refractivity contribution in [3.63, 3.8) is 0 Å². The van der Waals surface area contributed by atoms with E-state index in [2.05, 4.69) is 22.3 Å². The average molecular weight is 481 g/mol. The summed E-state index contributed by atoms with van der Waals surface area (Å²) in [5, 5.41) is 24.7. The quantitative estimate of drug-likeness (QED) is 0.365. The SMILES string of the molecule is CCC(C)(c1c(-c2ccccc2)[nH]n(CCC#N)c1=O)c1c(-c2ccccc2)[nH]n(CCC#N)c1=O. The Balaban J connectivity index is 2.04. The Morgan fingerprint density at radius 2 is 1.14 bits per heavy atom. The molecule has 2 aromatic carbocycles. The zero-order valence-electron chi connectivity index (χ0n) is 20.4. The van der Waals surface area contributed by atoms with E-state index in [4.69, 9.17) is 10.5 Å². The van der Waals surface area contributed by atoms with E-state index in [0.717, 1.165) is 11.1 Å². The molecular weight excluding hydrogens is 452 g/mol.